The Morgan fingerprint density at radius 3 is 2.65 bits per heavy atom. The second-order valence-corrected chi connectivity index (χ2v) is 9.23. The van der Waals surface area contributed by atoms with E-state index in [4.69, 9.17) is 28.9 Å². The lowest BCUT2D eigenvalue weighted by molar-refractivity contribution is 0.220. The second kappa shape index (κ2) is 10.2. The molecule has 0 bridgehead atoms. The molecule has 0 amide bonds. The van der Waals surface area contributed by atoms with Crippen LogP contribution in [-0.2, 0) is 19.8 Å². The molecule has 0 aliphatic heterocycles. The molecule has 0 radical (unpaired) electrons. The first-order valence-corrected chi connectivity index (χ1v) is 11.4. The fourth-order valence-electron chi connectivity index (χ4n) is 3.35. The molecular formula is C23H22ClN5S2. The van der Waals surface area contributed by atoms with Crippen molar-refractivity contribution in [2.45, 2.75) is 19.8 Å². The molecule has 31 heavy (non-hydrogen) atoms. The predicted molar refractivity (Wildman–Crippen MR) is 130 cm³/mol. The summed E-state index contributed by atoms with van der Waals surface area (Å²) < 4.78 is 5.40. The summed E-state index contributed by atoms with van der Waals surface area (Å²) in [7, 11) is 0. The van der Waals surface area contributed by atoms with Crippen LogP contribution in [0.1, 0.15) is 10.4 Å². The fourth-order valence-corrected chi connectivity index (χ4v) is 4.73. The normalized spacial score (nSPS) is 11.2. The molecule has 0 N–H and O–H groups in total. The minimum atomic E-state index is 0.551. The van der Waals surface area contributed by atoms with Gasteiger partial charge in [-0.1, -0.05) is 48.0 Å². The van der Waals surface area contributed by atoms with Crippen LogP contribution >= 0.6 is 35.2 Å². The summed E-state index contributed by atoms with van der Waals surface area (Å²) in [5.41, 5.74) is 2.10. The summed E-state index contributed by atoms with van der Waals surface area (Å²) in [5.74, 6) is 0.805. The Balaban J connectivity index is 1.68. The molecule has 158 valence electrons. The number of hydrogen-bond donors (Lipinski definition) is 0. The van der Waals surface area contributed by atoms with Gasteiger partial charge in [-0.05, 0) is 42.0 Å². The van der Waals surface area contributed by atoms with Gasteiger partial charge in [0.25, 0.3) is 0 Å². The summed E-state index contributed by atoms with van der Waals surface area (Å²) in [6.45, 7) is 6.56. The lowest BCUT2D eigenvalue weighted by Crippen LogP contribution is -2.26. The summed E-state index contributed by atoms with van der Waals surface area (Å²) in [6.07, 6.45) is 5.47. The number of thiophene rings is 1. The van der Waals surface area contributed by atoms with E-state index in [2.05, 4.69) is 39.2 Å². The number of aromatic nitrogens is 4. The van der Waals surface area contributed by atoms with E-state index in [9.17, 15) is 0 Å². The van der Waals surface area contributed by atoms with E-state index in [0.29, 0.717) is 24.5 Å². The third-order valence-electron chi connectivity index (χ3n) is 4.76. The highest BCUT2D eigenvalue weighted by Crippen LogP contribution is 2.23. The van der Waals surface area contributed by atoms with E-state index in [-0.39, 0.29) is 0 Å². The number of hydrogen-bond acceptors (Lipinski definition) is 5. The van der Waals surface area contributed by atoms with Gasteiger partial charge in [-0.25, -0.2) is 4.68 Å². The standard InChI is InChI=1S/C23H22ClN5S2/c1-2-13-27(16-20-10-11-21(24)31-20)17-29-23(30)28(15-18-7-4-3-5-8-18)22(26-29)19-9-6-12-25-14-19/h2-12,14H,1,13,15-17H2. The van der Waals surface area contributed by atoms with Gasteiger partial charge in [-0.15, -0.1) is 17.9 Å². The van der Waals surface area contributed by atoms with Crippen LogP contribution in [0.15, 0.2) is 79.6 Å². The zero-order valence-electron chi connectivity index (χ0n) is 16.9. The molecule has 0 atom stereocenters. The molecule has 0 aliphatic carbocycles. The molecule has 1 aromatic carbocycles. The topological polar surface area (TPSA) is 38.9 Å². The van der Waals surface area contributed by atoms with Crippen molar-refractivity contribution in [3.63, 3.8) is 0 Å². The maximum atomic E-state index is 6.11. The van der Waals surface area contributed by atoms with Crippen molar-refractivity contribution in [1.29, 1.82) is 0 Å². The van der Waals surface area contributed by atoms with Gasteiger partial charge in [0.2, 0.25) is 0 Å². The Morgan fingerprint density at radius 2 is 1.97 bits per heavy atom. The lowest BCUT2D eigenvalue weighted by atomic mass is 10.2. The van der Waals surface area contributed by atoms with Crippen molar-refractivity contribution in [2.24, 2.45) is 0 Å². The molecule has 0 fully saturated rings. The van der Waals surface area contributed by atoms with Crippen molar-refractivity contribution in [3.8, 4) is 11.4 Å². The Labute approximate surface area is 195 Å². The molecule has 5 nitrogen and oxygen atoms in total. The number of pyridine rings is 1. The van der Waals surface area contributed by atoms with Crippen LogP contribution in [0.3, 0.4) is 0 Å². The zero-order chi connectivity index (χ0) is 21.6. The van der Waals surface area contributed by atoms with E-state index < -0.39 is 0 Å². The first-order chi connectivity index (χ1) is 15.1. The van der Waals surface area contributed by atoms with Crippen molar-refractivity contribution < 1.29 is 0 Å². The molecule has 0 spiro atoms. The Morgan fingerprint density at radius 1 is 1.13 bits per heavy atom. The lowest BCUT2D eigenvalue weighted by Gasteiger charge is -2.19. The van der Waals surface area contributed by atoms with Crippen LogP contribution in [0.4, 0.5) is 0 Å². The van der Waals surface area contributed by atoms with Crippen LogP contribution in [-0.4, -0.2) is 30.8 Å². The fraction of sp³-hybridized carbons (Fsp3) is 0.174. The van der Waals surface area contributed by atoms with Crippen molar-refractivity contribution in [2.75, 3.05) is 6.54 Å². The smallest absolute Gasteiger partial charge is 0.199 e. The quantitative estimate of drug-likeness (QED) is 0.227. The molecule has 4 aromatic rings. The van der Waals surface area contributed by atoms with Gasteiger partial charge in [0.05, 0.1) is 17.5 Å². The van der Waals surface area contributed by atoms with Crippen molar-refractivity contribution in [1.82, 2.24) is 24.2 Å². The minimum Gasteiger partial charge on any atom is -0.295 e. The maximum Gasteiger partial charge on any atom is 0.199 e. The molecule has 3 aromatic heterocycles. The molecule has 3 heterocycles. The van der Waals surface area contributed by atoms with Gasteiger partial charge in [0.15, 0.2) is 10.6 Å². The van der Waals surface area contributed by atoms with Crippen LogP contribution in [0.2, 0.25) is 4.34 Å². The highest BCUT2D eigenvalue weighted by Gasteiger charge is 2.16. The monoisotopic (exact) mass is 467 g/mol. The summed E-state index contributed by atoms with van der Waals surface area (Å²) in [5, 5.41) is 4.88. The molecule has 0 saturated carbocycles. The average molecular weight is 468 g/mol. The van der Waals surface area contributed by atoms with Crippen LogP contribution < -0.4 is 0 Å². The molecule has 4 rings (SSSR count). The van der Waals surface area contributed by atoms with E-state index in [1.54, 1.807) is 17.5 Å². The van der Waals surface area contributed by atoms with E-state index in [1.165, 1.54) is 10.4 Å². The molecule has 0 unspecified atom stereocenters. The highest BCUT2D eigenvalue weighted by atomic mass is 35.5. The van der Waals surface area contributed by atoms with E-state index in [1.807, 2.05) is 53.4 Å². The third kappa shape index (κ3) is 5.37. The van der Waals surface area contributed by atoms with Crippen LogP contribution in [0.25, 0.3) is 11.4 Å². The van der Waals surface area contributed by atoms with Gasteiger partial charge in [-0.2, -0.15) is 5.10 Å². The molecule has 0 saturated heterocycles. The Hall–Kier alpha value is -2.58. The SMILES string of the molecule is C=CCN(Cc1ccc(Cl)s1)Cn1nc(-c2cccnc2)n(Cc2ccccc2)c1=S. The van der Waals surface area contributed by atoms with E-state index >= 15 is 0 Å². The van der Waals surface area contributed by atoms with E-state index in [0.717, 1.165) is 22.3 Å². The van der Waals surface area contributed by atoms with Gasteiger partial charge >= 0.3 is 0 Å². The van der Waals surface area contributed by atoms with Crippen LogP contribution in [0, 0.1) is 4.77 Å². The number of rotatable bonds is 9. The molecule has 0 aliphatic rings. The number of benzene rings is 1. The summed E-state index contributed by atoms with van der Waals surface area (Å²) in [4.78, 5) is 7.69. The molecular weight excluding hydrogens is 446 g/mol. The Kier molecular flexibility index (Phi) is 7.09. The Bertz CT molecular complexity index is 1200. The molecule has 8 heteroatoms. The summed E-state index contributed by atoms with van der Waals surface area (Å²) in [6, 6.07) is 18.2. The van der Waals surface area contributed by atoms with Gasteiger partial charge in [-0.3, -0.25) is 14.5 Å². The van der Waals surface area contributed by atoms with Crippen molar-refractivity contribution in [3.05, 3.63) is 99.2 Å². The minimum absolute atomic E-state index is 0.551. The van der Waals surface area contributed by atoms with Crippen molar-refractivity contribution >= 4 is 35.2 Å². The van der Waals surface area contributed by atoms with Gasteiger partial charge in [0.1, 0.15) is 0 Å². The zero-order valence-corrected chi connectivity index (χ0v) is 19.3. The maximum absolute atomic E-state index is 6.11. The number of halogens is 1. The second-order valence-electron chi connectivity index (χ2n) is 7.07. The summed E-state index contributed by atoms with van der Waals surface area (Å²) >= 11 is 13.6. The predicted octanol–water partition coefficient (Wildman–Crippen LogP) is 5.88. The first-order valence-electron chi connectivity index (χ1n) is 9.83. The highest BCUT2D eigenvalue weighted by molar-refractivity contribution is 7.71. The van der Waals surface area contributed by atoms with Crippen LogP contribution in [0.5, 0.6) is 0 Å². The van der Waals surface area contributed by atoms with Gasteiger partial charge in [0, 0.05) is 35.9 Å². The van der Waals surface area contributed by atoms with Gasteiger partial charge < -0.3 is 0 Å². The number of nitrogens with zero attached hydrogens (tertiary/aromatic N) is 5. The third-order valence-corrected chi connectivity index (χ3v) is 6.40. The average Bonchev–Trinajstić information content (AvgIpc) is 3.33. The largest absolute Gasteiger partial charge is 0.295 e. The first kappa shape index (κ1) is 21.6.